The highest BCUT2D eigenvalue weighted by Crippen LogP contribution is 2.24. The number of imide groups is 1. The number of nitrogens with one attached hydrogen (secondary N) is 2. The maximum absolute atomic E-state index is 10.9. The molecule has 1 fully saturated rings. The Hall–Kier alpha value is -1.57. The lowest BCUT2D eigenvalue weighted by Gasteiger charge is -2.06. The average Bonchev–Trinajstić information content (AvgIpc) is 2.85. The summed E-state index contributed by atoms with van der Waals surface area (Å²) in [5, 5.41) is 5.31. The Morgan fingerprint density at radius 1 is 1.21 bits per heavy atom. The van der Waals surface area contributed by atoms with Crippen molar-refractivity contribution >= 4 is 22.9 Å². The van der Waals surface area contributed by atoms with Gasteiger partial charge in [-0.2, -0.15) is 0 Å². The third-order valence-electron chi connectivity index (χ3n) is 2.33. The first-order valence-electron chi connectivity index (χ1n) is 5.88. The Bertz CT molecular complexity index is 506. The van der Waals surface area contributed by atoms with Crippen LogP contribution in [0.15, 0.2) is 9.32 Å². The highest BCUT2D eigenvalue weighted by molar-refractivity contribution is 8.15. The van der Waals surface area contributed by atoms with Crippen LogP contribution in [0.2, 0.25) is 0 Å². The summed E-state index contributed by atoms with van der Waals surface area (Å²) >= 11 is 1.08. The number of thioether (sulfide) groups is 1. The van der Waals surface area contributed by atoms with E-state index in [1.165, 1.54) is 0 Å². The number of carbonyl (C=O) groups excluding carboxylic acids is 2. The monoisotopic (exact) mass is 287 g/mol. The first-order chi connectivity index (χ1) is 8.81. The first kappa shape index (κ1) is 15.5. The predicted octanol–water partition coefficient (Wildman–Crippen LogP) is 1.48. The van der Waals surface area contributed by atoms with Crippen molar-refractivity contribution in [3.05, 3.63) is 16.4 Å². The number of carbonyl (C=O) groups is 2. The second-order valence-corrected chi connectivity index (χ2v) is 5.81. The fourth-order valence-electron chi connectivity index (χ4n) is 1.30. The molecule has 2 N–H and O–H groups in total. The van der Waals surface area contributed by atoms with E-state index in [0.717, 1.165) is 11.8 Å². The summed E-state index contributed by atoms with van der Waals surface area (Å²) in [7, 11) is 0. The molecule has 106 valence electrons. The van der Waals surface area contributed by atoms with Gasteiger partial charge in [-0.05, 0) is 5.92 Å². The standard InChI is InChI=1S/C6H9NO2S.C5H8N2O2/c1-3(2)4-5(8)7-6(9)10-4;1-3(2)4-6-5(8)9-7-4/h3-4H,1-2H3,(H,7,8,9);3H,1-2H3,(H,6,7,8). The van der Waals surface area contributed by atoms with E-state index < -0.39 is 5.76 Å². The van der Waals surface area contributed by atoms with E-state index in [1.807, 2.05) is 27.7 Å². The van der Waals surface area contributed by atoms with E-state index >= 15 is 0 Å². The van der Waals surface area contributed by atoms with Crippen LogP contribution in [0.25, 0.3) is 0 Å². The number of H-pyrrole nitrogens is 1. The van der Waals surface area contributed by atoms with E-state index in [2.05, 4.69) is 20.0 Å². The van der Waals surface area contributed by atoms with Gasteiger partial charge >= 0.3 is 5.76 Å². The summed E-state index contributed by atoms with van der Waals surface area (Å²) in [4.78, 5) is 34.2. The summed E-state index contributed by atoms with van der Waals surface area (Å²) in [6, 6.07) is 0. The Kier molecular flexibility index (Phi) is 5.34. The Labute approximate surface area is 114 Å². The van der Waals surface area contributed by atoms with Crippen molar-refractivity contribution in [2.45, 2.75) is 38.9 Å². The zero-order chi connectivity index (χ0) is 14.6. The molecular weight excluding hydrogens is 270 g/mol. The molecule has 1 atom stereocenters. The van der Waals surface area contributed by atoms with Crippen LogP contribution in [0, 0.1) is 5.92 Å². The fraction of sp³-hybridized carbons (Fsp3) is 0.636. The molecule has 0 saturated carbocycles. The molecule has 7 nitrogen and oxygen atoms in total. The molecule has 1 aliphatic heterocycles. The molecule has 2 heterocycles. The summed E-state index contributed by atoms with van der Waals surface area (Å²) in [5.74, 6) is 0.414. The van der Waals surface area contributed by atoms with Crippen LogP contribution in [0.1, 0.15) is 39.4 Å². The van der Waals surface area contributed by atoms with Crippen molar-refractivity contribution in [1.82, 2.24) is 15.5 Å². The summed E-state index contributed by atoms with van der Waals surface area (Å²) in [5.41, 5.74) is 0. The Morgan fingerprint density at radius 2 is 1.84 bits per heavy atom. The van der Waals surface area contributed by atoms with Gasteiger partial charge in [-0.3, -0.25) is 24.4 Å². The van der Waals surface area contributed by atoms with Gasteiger partial charge in [-0.25, -0.2) is 4.79 Å². The van der Waals surface area contributed by atoms with Gasteiger partial charge < -0.3 is 0 Å². The second-order valence-electron chi connectivity index (χ2n) is 4.69. The van der Waals surface area contributed by atoms with Crippen molar-refractivity contribution in [1.29, 1.82) is 0 Å². The third kappa shape index (κ3) is 4.55. The number of rotatable bonds is 2. The molecule has 1 saturated heterocycles. The first-order valence-corrected chi connectivity index (χ1v) is 6.76. The topological polar surface area (TPSA) is 105 Å². The Morgan fingerprint density at radius 3 is 2.05 bits per heavy atom. The molecule has 0 aliphatic carbocycles. The van der Waals surface area contributed by atoms with E-state index in [-0.39, 0.29) is 28.2 Å². The summed E-state index contributed by atoms with van der Waals surface area (Å²) in [6.45, 7) is 7.70. The molecule has 1 unspecified atom stereocenters. The normalized spacial score (nSPS) is 18.5. The van der Waals surface area contributed by atoms with Crippen molar-refractivity contribution < 1.29 is 14.1 Å². The van der Waals surface area contributed by atoms with Crippen LogP contribution < -0.4 is 11.1 Å². The zero-order valence-electron chi connectivity index (χ0n) is 11.2. The number of hydrogen-bond donors (Lipinski definition) is 2. The lowest BCUT2D eigenvalue weighted by molar-refractivity contribution is -0.119. The molecular formula is C11H17N3O4S. The van der Waals surface area contributed by atoms with Crippen LogP contribution in [-0.4, -0.2) is 26.5 Å². The number of aromatic nitrogens is 2. The van der Waals surface area contributed by atoms with E-state index in [9.17, 15) is 14.4 Å². The van der Waals surface area contributed by atoms with Crippen LogP contribution in [-0.2, 0) is 4.79 Å². The maximum atomic E-state index is 10.9. The molecule has 0 aromatic carbocycles. The lowest BCUT2D eigenvalue weighted by Crippen LogP contribution is -2.27. The van der Waals surface area contributed by atoms with Crippen LogP contribution in [0.5, 0.6) is 0 Å². The van der Waals surface area contributed by atoms with Gasteiger partial charge in [0.2, 0.25) is 5.91 Å². The average molecular weight is 287 g/mol. The Balaban J connectivity index is 0.000000191. The number of amides is 2. The van der Waals surface area contributed by atoms with Gasteiger partial charge in [-0.1, -0.05) is 44.6 Å². The molecule has 1 aromatic rings. The van der Waals surface area contributed by atoms with Crippen molar-refractivity contribution in [2.24, 2.45) is 5.92 Å². The lowest BCUT2D eigenvalue weighted by atomic mass is 10.1. The van der Waals surface area contributed by atoms with E-state index in [0.29, 0.717) is 5.82 Å². The summed E-state index contributed by atoms with van der Waals surface area (Å²) in [6.07, 6.45) is 0. The van der Waals surface area contributed by atoms with Gasteiger partial charge in [0.25, 0.3) is 5.24 Å². The smallest absolute Gasteiger partial charge is 0.296 e. The summed E-state index contributed by atoms with van der Waals surface area (Å²) < 4.78 is 4.26. The highest BCUT2D eigenvalue weighted by atomic mass is 32.2. The second kappa shape index (κ2) is 6.55. The molecule has 2 amide bonds. The minimum Gasteiger partial charge on any atom is -0.296 e. The SMILES string of the molecule is CC(C)C1SC(=O)NC1=O.CC(C)c1noc(=O)[nH]1. The maximum Gasteiger partial charge on any atom is 0.438 e. The number of aromatic amines is 1. The molecule has 2 rings (SSSR count). The zero-order valence-corrected chi connectivity index (χ0v) is 12.0. The van der Waals surface area contributed by atoms with Crippen molar-refractivity contribution in [3.8, 4) is 0 Å². The van der Waals surface area contributed by atoms with Gasteiger partial charge in [0.1, 0.15) is 0 Å². The van der Waals surface area contributed by atoms with Gasteiger partial charge in [-0.15, -0.1) is 0 Å². The van der Waals surface area contributed by atoms with Crippen molar-refractivity contribution in [3.63, 3.8) is 0 Å². The van der Waals surface area contributed by atoms with E-state index in [1.54, 1.807) is 0 Å². The molecule has 8 heteroatoms. The van der Waals surface area contributed by atoms with Gasteiger partial charge in [0.05, 0.1) is 5.25 Å². The number of nitrogens with zero attached hydrogens (tertiary/aromatic N) is 1. The number of hydrogen-bond acceptors (Lipinski definition) is 6. The van der Waals surface area contributed by atoms with Crippen LogP contribution in [0.3, 0.4) is 0 Å². The molecule has 0 bridgehead atoms. The molecule has 0 spiro atoms. The quantitative estimate of drug-likeness (QED) is 0.853. The van der Waals surface area contributed by atoms with E-state index in [4.69, 9.17) is 0 Å². The molecule has 1 aliphatic rings. The molecule has 1 aromatic heterocycles. The predicted molar refractivity (Wildman–Crippen MR) is 71.0 cm³/mol. The third-order valence-corrected chi connectivity index (χ3v) is 3.66. The molecule has 19 heavy (non-hydrogen) atoms. The van der Waals surface area contributed by atoms with Gasteiger partial charge in [0.15, 0.2) is 5.82 Å². The van der Waals surface area contributed by atoms with Crippen molar-refractivity contribution in [2.75, 3.05) is 0 Å². The fourth-order valence-corrected chi connectivity index (χ4v) is 2.13. The minimum absolute atomic E-state index is 0.148. The highest BCUT2D eigenvalue weighted by Gasteiger charge is 2.33. The van der Waals surface area contributed by atoms with Gasteiger partial charge in [0, 0.05) is 5.92 Å². The largest absolute Gasteiger partial charge is 0.438 e. The molecule has 0 radical (unpaired) electrons. The van der Waals surface area contributed by atoms with Crippen LogP contribution >= 0.6 is 11.8 Å². The van der Waals surface area contributed by atoms with Crippen LogP contribution in [0.4, 0.5) is 4.79 Å². The minimum atomic E-state index is -0.487.